The molecule has 0 unspecified atom stereocenters. The van der Waals surface area contributed by atoms with Gasteiger partial charge in [-0.3, -0.25) is 4.79 Å². The van der Waals surface area contributed by atoms with Gasteiger partial charge in [0.25, 0.3) is 0 Å². The molecular formula is C12H25N2O2. The molecule has 5 N–H and O–H groups in total. The minimum Gasteiger partial charge on any atom is -0.396 e. The molecule has 0 saturated heterocycles. The lowest BCUT2D eigenvalue weighted by molar-refractivity contribution is -0.118. The van der Waals surface area contributed by atoms with Gasteiger partial charge in [0.1, 0.15) is 0 Å². The molecule has 4 nitrogen and oxygen atoms in total. The zero-order chi connectivity index (χ0) is 12.8. The molecule has 0 rings (SSSR count). The average molecular weight is 229 g/mol. The summed E-state index contributed by atoms with van der Waals surface area (Å²) in [7, 11) is 0. The van der Waals surface area contributed by atoms with E-state index in [2.05, 4.69) is 0 Å². The van der Waals surface area contributed by atoms with Crippen LogP contribution in [0.4, 0.5) is 0 Å². The molecule has 0 aromatic carbocycles. The number of hydrogen-bond donors (Lipinski definition) is 3. The van der Waals surface area contributed by atoms with Gasteiger partial charge in [-0.2, -0.15) is 0 Å². The van der Waals surface area contributed by atoms with E-state index in [1.54, 1.807) is 0 Å². The molecule has 0 aliphatic carbocycles. The van der Waals surface area contributed by atoms with Crippen molar-refractivity contribution >= 4 is 5.91 Å². The van der Waals surface area contributed by atoms with Gasteiger partial charge in [-0.1, -0.05) is 13.8 Å². The first kappa shape index (κ1) is 15.4. The topological polar surface area (TPSA) is 89.3 Å². The summed E-state index contributed by atoms with van der Waals surface area (Å²) in [5.74, 6) is 0.971. The zero-order valence-corrected chi connectivity index (χ0v) is 10.6. The Morgan fingerprint density at radius 3 is 2.38 bits per heavy atom. The van der Waals surface area contributed by atoms with Crippen LogP contribution in [0, 0.1) is 11.8 Å². The van der Waals surface area contributed by atoms with Crippen LogP contribution in [0.25, 0.3) is 0 Å². The highest BCUT2D eigenvalue weighted by molar-refractivity contribution is 5.73. The number of primary amides is 1. The lowest BCUT2D eigenvalue weighted by atomic mass is 9.78. The molecule has 2 atom stereocenters. The standard InChI is InChI=1S/C12H25N2O2/c1-4-10(8-15)12(3,14)7-9(2)5-6-11(13)16/h10,15H,4-8,14H2,1-3H3,(H2,13,16)/t10-,12+/m1/s1. The van der Waals surface area contributed by atoms with E-state index >= 15 is 0 Å². The summed E-state index contributed by atoms with van der Waals surface area (Å²) in [5, 5.41) is 9.23. The summed E-state index contributed by atoms with van der Waals surface area (Å²) < 4.78 is 0. The van der Waals surface area contributed by atoms with E-state index in [1.165, 1.54) is 0 Å². The normalized spacial score (nSPS) is 17.1. The number of rotatable bonds is 8. The Morgan fingerprint density at radius 2 is 2.00 bits per heavy atom. The van der Waals surface area contributed by atoms with E-state index in [0.29, 0.717) is 12.8 Å². The van der Waals surface area contributed by atoms with Crippen molar-refractivity contribution in [2.24, 2.45) is 17.4 Å². The Hall–Kier alpha value is -0.610. The van der Waals surface area contributed by atoms with Crippen LogP contribution in [0.15, 0.2) is 0 Å². The molecule has 0 aromatic heterocycles. The third-order valence-corrected chi connectivity index (χ3v) is 3.13. The first-order chi connectivity index (χ1) is 7.33. The number of aliphatic hydroxyl groups is 1. The molecule has 0 aliphatic rings. The fourth-order valence-corrected chi connectivity index (χ4v) is 2.02. The van der Waals surface area contributed by atoms with Crippen LogP contribution in [0.3, 0.4) is 0 Å². The highest BCUT2D eigenvalue weighted by Gasteiger charge is 2.30. The van der Waals surface area contributed by atoms with Crippen molar-refractivity contribution in [3.05, 3.63) is 5.92 Å². The first-order valence-corrected chi connectivity index (χ1v) is 5.82. The third-order valence-electron chi connectivity index (χ3n) is 3.13. The SMILES string of the molecule is CC[C@H](CO)[C@@](C)(N)C[C](C)CCC(N)=O. The van der Waals surface area contributed by atoms with Gasteiger partial charge >= 0.3 is 0 Å². The fraction of sp³-hybridized carbons (Fsp3) is 0.833. The molecule has 0 saturated carbocycles. The zero-order valence-electron chi connectivity index (χ0n) is 10.6. The lowest BCUT2D eigenvalue weighted by Crippen LogP contribution is -2.46. The van der Waals surface area contributed by atoms with Crippen LogP contribution in [0.5, 0.6) is 0 Å². The Labute approximate surface area is 98.4 Å². The molecule has 1 amide bonds. The maximum atomic E-state index is 10.7. The van der Waals surface area contributed by atoms with Gasteiger partial charge in [0.2, 0.25) is 5.91 Å². The minimum atomic E-state index is -0.411. The summed E-state index contributed by atoms with van der Waals surface area (Å²) in [6, 6.07) is 0. The van der Waals surface area contributed by atoms with E-state index in [9.17, 15) is 9.90 Å². The second-order valence-electron chi connectivity index (χ2n) is 4.89. The van der Waals surface area contributed by atoms with E-state index in [-0.39, 0.29) is 18.4 Å². The molecule has 4 heteroatoms. The maximum Gasteiger partial charge on any atom is 0.217 e. The summed E-state index contributed by atoms with van der Waals surface area (Å²) >= 11 is 0. The third kappa shape index (κ3) is 5.47. The predicted molar refractivity (Wildman–Crippen MR) is 65.4 cm³/mol. The van der Waals surface area contributed by atoms with Gasteiger partial charge in [-0.15, -0.1) is 0 Å². The molecule has 1 radical (unpaired) electrons. The Balaban J connectivity index is 4.17. The highest BCUT2D eigenvalue weighted by atomic mass is 16.3. The maximum absolute atomic E-state index is 10.7. The molecule has 0 bridgehead atoms. The first-order valence-electron chi connectivity index (χ1n) is 5.82. The predicted octanol–water partition coefficient (Wildman–Crippen LogP) is 0.972. The summed E-state index contributed by atoms with van der Waals surface area (Å²) in [5.41, 5.74) is 10.9. The molecule has 0 aliphatic heterocycles. The second kappa shape index (κ2) is 6.86. The van der Waals surface area contributed by atoms with E-state index in [4.69, 9.17) is 11.5 Å². The van der Waals surface area contributed by atoms with E-state index in [0.717, 1.165) is 18.8 Å². The van der Waals surface area contributed by atoms with Crippen LogP contribution in [-0.4, -0.2) is 23.2 Å². The quantitative estimate of drug-likeness (QED) is 0.579. The van der Waals surface area contributed by atoms with Crippen molar-refractivity contribution in [3.8, 4) is 0 Å². The summed E-state index contributed by atoms with van der Waals surface area (Å²) in [6.07, 6.45) is 2.63. The van der Waals surface area contributed by atoms with E-state index in [1.807, 2.05) is 20.8 Å². The van der Waals surface area contributed by atoms with Gasteiger partial charge in [0.15, 0.2) is 0 Å². The van der Waals surface area contributed by atoms with Crippen LogP contribution in [-0.2, 0) is 4.79 Å². The monoisotopic (exact) mass is 229 g/mol. The van der Waals surface area contributed by atoms with Gasteiger partial charge in [-0.05, 0) is 38.0 Å². The number of amides is 1. The smallest absolute Gasteiger partial charge is 0.217 e. The van der Waals surface area contributed by atoms with Crippen LogP contribution >= 0.6 is 0 Å². The van der Waals surface area contributed by atoms with Crippen molar-refractivity contribution in [1.29, 1.82) is 0 Å². The molecule has 0 heterocycles. The molecule has 0 spiro atoms. The van der Waals surface area contributed by atoms with Crippen molar-refractivity contribution in [1.82, 2.24) is 0 Å². The second-order valence-corrected chi connectivity index (χ2v) is 4.89. The Morgan fingerprint density at radius 1 is 1.44 bits per heavy atom. The summed E-state index contributed by atoms with van der Waals surface area (Å²) in [4.78, 5) is 10.7. The molecule has 0 aromatic rings. The Bertz CT molecular complexity index is 213. The van der Waals surface area contributed by atoms with Crippen LogP contribution < -0.4 is 11.5 Å². The number of carbonyl (C=O) groups excluding carboxylic acids is 1. The lowest BCUT2D eigenvalue weighted by Gasteiger charge is -2.34. The van der Waals surface area contributed by atoms with E-state index < -0.39 is 5.54 Å². The number of aliphatic hydroxyl groups excluding tert-OH is 1. The van der Waals surface area contributed by atoms with Crippen molar-refractivity contribution in [2.45, 2.75) is 52.0 Å². The molecule has 95 valence electrons. The van der Waals surface area contributed by atoms with Crippen molar-refractivity contribution in [3.63, 3.8) is 0 Å². The minimum absolute atomic E-state index is 0.0935. The highest BCUT2D eigenvalue weighted by Crippen LogP contribution is 2.28. The molecular weight excluding hydrogens is 204 g/mol. The number of carbonyl (C=O) groups is 1. The van der Waals surface area contributed by atoms with Gasteiger partial charge in [0.05, 0.1) is 0 Å². The summed E-state index contributed by atoms with van der Waals surface area (Å²) in [6.45, 7) is 6.06. The van der Waals surface area contributed by atoms with Crippen molar-refractivity contribution in [2.75, 3.05) is 6.61 Å². The average Bonchev–Trinajstić information content (AvgIpc) is 2.15. The van der Waals surface area contributed by atoms with Gasteiger partial charge in [-0.25, -0.2) is 0 Å². The van der Waals surface area contributed by atoms with Crippen LogP contribution in [0.1, 0.15) is 46.5 Å². The van der Waals surface area contributed by atoms with Gasteiger partial charge < -0.3 is 16.6 Å². The number of nitrogens with two attached hydrogens (primary N) is 2. The van der Waals surface area contributed by atoms with Crippen molar-refractivity contribution < 1.29 is 9.90 Å². The molecule has 16 heavy (non-hydrogen) atoms. The largest absolute Gasteiger partial charge is 0.396 e. The van der Waals surface area contributed by atoms with Crippen LogP contribution in [0.2, 0.25) is 0 Å². The number of hydrogen-bond acceptors (Lipinski definition) is 3. The van der Waals surface area contributed by atoms with Gasteiger partial charge in [0, 0.05) is 18.6 Å². The fourth-order valence-electron chi connectivity index (χ4n) is 2.02. The Kier molecular flexibility index (Phi) is 6.60. The molecule has 0 fully saturated rings.